The van der Waals surface area contributed by atoms with Gasteiger partial charge in [-0.15, -0.1) is 0 Å². The number of aryl methyl sites for hydroxylation is 1. The van der Waals surface area contributed by atoms with Gasteiger partial charge in [0.25, 0.3) is 0 Å². The summed E-state index contributed by atoms with van der Waals surface area (Å²) in [7, 11) is 0. The number of anilines is 1. The Labute approximate surface area is 104 Å². The molecule has 1 heterocycles. The molecule has 0 aromatic carbocycles. The molecule has 2 N–H and O–H groups in total. The molecule has 1 aromatic rings. The van der Waals surface area contributed by atoms with Crippen LogP contribution in [0, 0.1) is 6.92 Å². The summed E-state index contributed by atoms with van der Waals surface area (Å²) in [4.78, 5) is 4.37. The summed E-state index contributed by atoms with van der Waals surface area (Å²) in [5, 5.41) is 13.7. The first-order valence-corrected chi connectivity index (χ1v) is 6.49. The van der Waals surface area contributed by atoms with Gasteiger partial charge < -0.3 is 10.4 Å². The largest absolute Gasteiger partial charge is 0.388 e. The van der Waals surface area contributed by atoms with E-state index in [-0.39, 0.29) is 0 Å². The van der Waals surface area contributed by atoms with Crippen LogP contribution in [0.25, 0.3) is 0 Å². The number of nitrogens with one attached hydrogen (secondary N) is 1. The zero-order valence-electron chi connectivity index (χ0n) is 11.2. The predicted molar refractivity (Wildman–Crippen MR) is 72.2 cm³/mol. The Balaban J connectivity index is 2.57. The van der Waals surface area contributed by atoms with Crippen LogP contribution in [-0.4, -0.2) is 22.2 Å². The van der Waals surface area contributed by atoms with Crippen LogP contribution in [-0.2, 0) is 0 Å². The van der Waals surface area contributed by atoms with Crippen LogP contribution in [0.1, 0.15) is 45.2 Å². The molecular formula is C14H24N2O. The second-order valence-electron chi connectivity index (χ2n) is 4.74. The normalized spacial score (nSPS) is 11.5. The summed E-state index contributed by atoms with van der Waals surface area (Å²) in [5.74, 6) is 0.843. The van der Waals surface area contributed by atoms with Gasteiger partial charge in [0.2, 0.25) is 0 Å². The highest BCUT2D eigenvalue weighted by molar-refractivity contribution is 5.35. The lowest BCUT2D eigenvalue weighted by Crippen LogP contribution is -2.36. The van der Waals surface area contributed by atoms with E-state index >= 15 is 0 Å². The monoisotopic (exact) mass is 236 g/mol. The summed E-state index contributed by atoms with van der Waals surface area (Å²) in [5.41, 5.74) is 0.388. The molecule has 1 aromatic heterocycles. The number of hydrogen-bond donors (Lipinski definition) is 2. The van der Waals surface area contributed by atoms with E-state index in [0.717, 1.165) is 37.2 Å². The molecule has 0 radical (unpaired) electrons. The zero-order valence-corrected chi connectivity index (χ0v) is 11.2. The predicted octanol–water partition coefficient (Wildman–Crippen LogP) is 3.13. The maximum absolute atomic E-state index is 10.5. The number of aliphatic hydroxyl groups is 1. The SMILES string of the molecule is CCCC(O)(CCC)CNc1cccc(C)n1. The Morgan fingerprint density at radius 2 is 1.88 bits per heavy atom. The van der Waals surface area contributed by atoms with E-state index in [0.29, 0.717) is 6.54 Å². The van der Waals surface area contributed by atoms with Gasteiger partial charge in [0.05, 0.1) is 5.60 Å². The highest BCUT2D eigenvalue weighted by Gasteiger charge is 2.24. The molecule has 0 aliphatic rings. The van der Waals surface area contributed by atoms with E-state index in [9.17, 15) is 5.11 Å². The lowest BCUT2D eigenvalue weighted by atomic mass is 9.93. The van der Waals surface area contributed by atoms with Crippen molar-refractivity contribution < 1.29 is 5.11 Å². The summed E-state index contributed by atoms with van der Waals surface area (Å²) in [6.45, 7) is 6.75. The maximum atomic E-state index is 10.5. The van der Waals surface area contributed by atoms with E-state index < -0.39 is 5.60 Å². The number of aromatic nitrogens is 1. The summed E-state index contributed by atoms with van der Waals surface area (Å²) in [6.07, 6.45) is 3.66. The van der Waals surface area contributed by atoms with Crippen LogP contribution in [0.3, 0.4) is 0 Å². The van der Waals surface area contributed by atoms with E-state index in [1.165, 1.54) is 0 Å². The Morgan fingerprint density at radius 1 is 1.24 bits per heavy atom. The first-order valence-electron chi connectivity index (χ1n) is 6.49. The van der Waals surface area contributed by atoms with Crippen molar-refractivity contribution in [3.63, 3.8) is 0 Å². The number of hydrogen-bond acceptors (Lipinski definition) is 3. The van der Waals surface area contributed by atoms with Crippen LogP contribution in [0.5, 0.6) is 0 Å². The molecule has 0 bridgehead atoms. The number of pyridine rings is 1. The van der Waals surface area contributed by atoms with E-state index in [4.69, 9.17) is 0 Å². The quantitative estimate of drug-likeness (QED) is 0.764. The molecule has 0 saturated carbocycles. The van der Waals surface area contributed by atoms with Crippen LogP contribution >= 0.6 is 0 Å². The van der Waals surface area contributed by atoms with Gasteiger partial charge in [0, 0.05) is 12.2 Å². The molecule has 17 heavy (non-hydrogen) atoms. The average molecular weight is 236 g/mol. The van der Waals surface area contributed by atoms with Gasteiger partial charge in [-0.1, -0.05) is 32.8 Å². The third-order valence-electron chi connectivity index (χ3n) is 2.92. The highest BCUT2D eigenvalue weighted by atomic mass is 16.3. The van der Waals surface area contributed by atoms with Crippen molar-refractivity contribution in [2.24, 2.45) is 0 Å². The van der Waals surface area contributed by atoms with E-state index in [1.807, 2.05) is 25.1 Å². The standard InChI is InChI=1S/C14H24N2O/c1-4-9-14(17,10-5-2)11-15-13-8-6-7-12(3)16-13/h6-8,17H,4-5,9-11H2,1-3H3,(H,15,16). The molecule has 0 unspecified atom stereocenters. The van der Waals surface area contributed by atoms with Gasteiger partial charge in [-0.05, 0) is 31.9 Å². The van der Waals surface area contributed by atoms with Gasteiger partial charge in [-0.2, -0.15) is 0 Å². The summed E-state index contributed by atoms with van der Waals surface area (Å²) >= 11 is 0. The van der Waals surface area contributed by atoms with Gasteiger partial charge in [-0.25, -0.2) is 4.98 Å². The highest BCUT2D eigenvalue weighted by Crippen LogP contribution is 2.20. The van der Waals surface area contributed by atoms with Gasteiger partial charge in [0.15, 0.2) is 0 Å². The molecule has 3 heteroatoms. The molecule has 0 aliphatic heterocycles. The van der Waals surface area contributed by atoms with Crippen molar-refractivity contribution in [1.29, 1.82) is 0 Å². The maximum Gasteiger partial charge on any atom is 0.126 e. The molecule has 0 amide bonds. The van der Waals surface area contributed by atoms with Gasteiger partial charge in [0.1, 0.15) is 5.82 Å². The lowest BCUT2D eigenvalue weighted by Gasteiger charge is -2.28. The number of rotatable bonds is 7. The van der Waals surface area contributed by atoms with Crippen LogP contribution in [0.15, 0.2) is 18.2 Å². The number of nitrogens with zero attached hydrogens (tertiary/aromatic N) is 1. The van der Waals surface area contributed by atoms with Crippen molar-refractivity contribution in [3.8, 4) is 0 Å². The van der Waals surface area contributed by atoms with Crippen molar-refractivity contribution in [3.05, 3.63) is 23.9 Å². The molecule has 0 spiro atoms. The first kappa shape index (κ1) is 14.0. The molecule has 0 fully saturated rings. The molecule has 0 atom stereocenters. The minimum absolute atomic E-state index is 0.575. The third kappa shape index (κ3) is 4.73. The molecule has 1 rings (SSSR count). The molecule has 96 valence electrons. The molecule has 0 aliphatic carbocycles. The topological polar surface area (TPSA) is 45.1 Å². The smallest absolute Gasteiger partial charge is 0.126 e. The summed E-state index contributed by atoms with van der Waals surface area (Å²) in [6, 6.07) is 5.88. The molecule has 0 saturated heterocycles. The summed E-state index contributed by atoms with van der Waals surface area (Å²) < 4.78 is 0. The van der Waals surface area contributed by atoms with Crippen LogP contribution in [0.4, 0.5) is 5.82 Å². The molecule has 3 nitrogen and oxygen atoms in total. The Bertz CT molecular complexity index is 333. The van der Waals surface area contributed by atoms with Crippen molar-refractivity contribution in [2.75, 3.05) is 11.9 Å². The minimum atomic E-state index is -0.602. The van der Waals surface area contributed by atoms with Crippen molar-refractivity contribution in [1.82, 2.24) is 4.98 Å². The van der Waals surface area contributed by atoms with Crippen LogP contribution < -0.4 is 5.32 Å². The van der Waals surface area contributed by atoms with E-state index in [1.54, 1.807) is 0 Å². The van der Waals surface area contributed by atoms with Gasteiger partial charge >= 0.3 is 0 Å². The fraction of sp³-hybridized carbons (Fsp3) is 0.643. The second-order valence-corrected chi connectivity index (χ2v) is 4.74. The average Bonchev–Trinajstić information content (AvgIpc) is 2.27. The Kier molecular flexibility index (Phi) is 5.42. The molecular weight excluding hydrogens is 212 g/mol. The van der Waals surface area contributed by atoms with Crippen molar-refractivity contribution in [2.45, 2.75) is 52.1 Å². The van der Waals surface area contributed by atoms with Crippen LogP contribution in [0.2, 0.25) is 0 Å². The van der Waals surface area contributed by atoms with Gasteiger partial charge in [-0.3, -0.25) is 0 Å². The minimum Gasteiger partial charge on any atom is -0.388 e. The lowest BCUT2D eigenvalue weighted by molar-refractivity contribution is 0.0343. The Hall–Kier alpha value is -1.09. The fourth-order valence-electron chi connectivity index (χ4n) is 2.13. The van der Waals surface area contributed by atoms with Crippen molar-refractivity contribution >= 4 is 5.82 Å². The van der Waals surface area contributed by atoms with E-state index in [2.05, 4.69) is 24.1 Å². The first-order chi connectivity index (χ1) is 8.09. The Morgan fingerprint density at radius 3 is 2.41 bits per heavy atom. The third-order valence-corrected chi connectivity index (χ3v) is 2.92. The zero-order chi connectivity index (χ0) is 12.7. The second kappa shape index (κ2) is 6.60. The fourth-order valence-corrected chi connectivity index (χ4v) is 2.13.